The van der Waals surface area contributed by atoms with Crippen molar-refractivity contribution < 1.29 is 14.6 Å². The molecule has 0 bridgehead atoms. The number of carbonyl (C=O) groups is 1. The number of hydrogen-bond donors (Lipinski definition) is 2. The average molecular weight is 283 g/mol. The Labute approximate surface area is 123 Å². The van der Waals surface area contributed by atoms with Gasteiger partial charge < -0.3 is 15.2 Å². The van der Waals surface area contributed by atoms with Gasteiger partial charge in [0.25, 0.3) is 0 Å². The number of carbonyl (C=O) groups excluding carboxylic acids is 1. The molecular formula is C17H17NO3. The molecule has 21 heavy (non-hydrogen) atoms. The van der Waals surface area contributed by atoms with Crippen LogP contribution in [0.15, 0.2) is 36.4 Å². The summed E-state index contributed by atoms with van der Waals surface area (Å²) in [4.78, 5) is 11.2. The zero-order valence-corrected chi connectivity index (χ0v) is 11.8. The monoisotopic (exact) mass is 283 g/mol. The zero-order chi connectivity index (χ0) is 14.8. The fraction of sp³-hybridized carbons (Fsp3) is 0.235. The molecule has 108 valence electrons. The van der Waals surface area contributed by atoms with Crippen molar-refractivity contribution in [2.24, 2.45) is 0 Å². The molecule has 0 unspecified atom stereocenters. The fourth-order valence-electron chi connectivity index (χ4n) is 2.42. The van der Waals surface area contributed by atoms with E-state index >= 15 is 0 Å². The Bertz CT molecular complexity index is 677. The summed E-state index contributed by atoms with van der Waals surface area (Å²) in [5.74, 6) is 1.19. The molecule has 4 heteroatoms. The summed E-state index contributed by atoms with van der Waals surface area (Å²) < 4.78 is 5.51. The van der Waals surface area contributed by atoms with Crippen LogP contribution in [0.2, 0.25) is 0 Å². The maximum Gasteiger partial charge on any atom is 0.159 e. The second-order valence-corrected chi connectivity index (χ2v) is 5.17. The van der Waals surface area contributed by atoms with E-state index in [0.717, 1.165) is 29.0 Å². The largest absolute Gasteiger partial charge is 0.508 e. The highest BCUT2D eigenvalue weighted by Gasteiger charge is 2.15. The van der Waals surface area contributed by atoms with Gasteiger partial charge in [0.15, 0.2) is 5.78 Å². The van der Waals surface area contributed by atoms with Crippen LogP contribution in [0.4, 0.5) is 5.69 Å². The van der Waals surface area contributed by atoms with E-state index < -0.39 is 0 Å². The van der Waals surface area contributed by atoms with Crippen molar-refractivity contribution in [3.8, 4) is 11.5 Å². The number of fused-ring (bicyclic) bond motifs is 1. The topological polar surface area (TPSA) is 58.6 Å². The first-order valence-corrected chi connectivity index (χ1v) is 6.96. The Balaban J connectivity index is 1.71. The van der Waals surface area contributed by atoms with Crippen LogP contribution < -0.4 is 10.1 Å². The van der Waals surface area contributed by atoms with Gasteiger partial charge in [-0.1, -0.05) is 0 Å². The Morgan fingerprint density at radius 1 is 1.29 bits per heavy atom. The summed E-state index contributed by atoms with van der Waals surface area (Å²) in [5.41, 5.74) is 3.45. The fourth-order valence-corrected chi connectivity index (χ4v) is 2.42. The highest BCUT2D eigenvalue weighted by Crippen LogP contribution is 2.32. The van der Waals surface area contributed by atoms with Crippen molar-refractivity contribution in [2.75, 3.05) is 11.9 Å². The molecular weight excluding hydrogens is 266 g/mol. The van der Waals surface area contributed by atoms with Crippen LogP contribution >= 0.6 is 0 Å². The van der Waals surface area contributed by atoms with Gasteiger partial charge in [0.2, 0.25) is 0 Å². The van der Waals surface area contributed by atoms with Crippen LogP contribution in [0.3, 0.4) is 0 Å². The van der Waals surface area contributed by atoms with Crippen molar-refractivity contribution in [1.29, 1.82) is 0 Å². The molecule has 0 saturated carbocycles. The first-order valence-electron chi connectivity index (χ1n) is 6.96. The van der Waals surface area contributed by atoms with Crippen LogP contribution in [-0.4, -0.2) is 17.5 Å². The minimum Gasteiger partial charge on any atom is -0.508 e. The molecule has 2 N–H and O–H groups in total. The molecule has 0 atom stereocenters. The molecule has 2 aromatic carbocycles. The first kappa shape index (κ1) is 13.5. The normalized spacial score (nSPS) is 12.6. The Morgan fingerprint density at radius 2 is 2.05 bits per heavy atom. The molecule has 0 radical (unpaired) electrons. The number of phenols is 1. The Hall–Kier alpha value is -2.49. The third kappa shape index (κ3) is 2.84. The van der Waals surface area contributed by atoms with E-state index in [1.165, 1.54) is 0 Å². The molecule has 0 amide bonds. The van der Waals surface area contributed by atoms with Crippen LogP contribution in [0.5, 0.6) is 11.5 Å². The summed E-state index contributed by atoms with van der Waals surface area (Å²) in [7, 11) is 0. The van der Waals surface area contributed by atoms with Crippen molar-refractivity contribution in [1.82, 2.24) is 0 Å². The van der Waals surface area contributed by atoms with E-state index in [0.29, 0.717) is 18.7 Å². The smallest absolute Gasteiger partial charge is 0.159 e. The van der Waals surface area contributed by atoms with Gasteiger partial charge in [0, 0.05) is 35.3 Å². The summed E-state index contributed by atoms with van der Waals surface area (Å²) in [5, 5.41) is 13.3. The Morgan fingerprint density at radius 3 is 2.76 bits per heavy atom. The number of hydrogen-bond acceptors (Lipinski definition) is 4. The molecule has 0 saturated heterocycles. The highest BCUT2D eigenvalue weighted by atomic mass is 16.5. The molecule has 0 fully saturated rings. The van der Waals surface area contributed by atoms with Gasteiger partial charge >= 0.3 is 0 Å². The van der Waals surface area contributed by atoms with Gasteiger partial charge in [-0.3, -0.25) is 4.79 Å². The van der Waals surface area contributed by atoms with E-state index in [-0.39, 0.29) is 11.5 Å². The third-order valence-corrected chi connectivity index (χ3v) is 3.67. The van der Waals surface area contributed by atoms with Crippen LogP contribution in [0.1, 0.15) is 28.4 Å². The lowest BCUT2D eigenvalue weighted by Crippen LogP contribution is -2.01. The number of nitrogens with one attached hydrogen (secondary N) is 1. The van der Waals surface area contributed by atoms with Crippen molar-refractivity contribution in [3.63, 3.8) is 0 Å². The second-order valence-electron chi connectivity index (χ2n) is 5.17. The van der Waals surface area contributed by atoms with E-state index in [1.807, 2.05) is 18.2 Å². The molecule has 0 aromatic heterocycles. The number of benzene rings is 2. The molecule has 1 heterocycles. The second kappa shape index (κ2) is 5.48. The molecule has 0 aliphatic carbocycles. The lowest BCUT2D eigenvalue weighted by Gasteiger charge is -2.10. The van der Waals surface area contributed by atoms with Gasteiger partial charge in [0.1, 0.15) is 11.5 Å². The summed E-state index contributed by atoms with van der Waals surface area (Å²) in [6.07, 6.45) is 0.850. The molecule has 4 nitrogen and oxygen atoms in total. The minimum atomic E-state index is 0.0509. The maximum absolute atomic E-state index is 11.2. The summed E-state index contributed by atoms with van der Waals surface area (Å²) in [6.45, 7) is 2.73. The summed E-state index contributed by atoms with van der Waals surface area (Å²) in [6, 6.07) is 11.0. The van der Waals surface area contributed by atoms with Crippen molar-refractivity contribution in [3.05, 3.63) is 53.1 Å². The van der Waals surface area contributed by atoms with Crippen LogP contribution in [0.25, 0.3) is 0 Å². The first-order chi connectivity index (χ1) is 10.1. The predicted molar refractivity (Wildman–Crippen MR) is 81.1 cm³/mol. The van der Waals surface area contributed by atoms with E-state index in [9.17, 15) is 9.90 Å². The summed E-state index contributed by atoms with van der Waals surface area (Å²) >= 11 is 0. The number of aromatic hydroxyl groups is 1. The number of phenolic OH excluding ortho intramolecular Hbond substituents is 1. The van der Waals surface area contributed by atoms with Crippen LogP contribution in [0, 0.1) is 0 Å². The molecule has 3 rings (SSSR count). The lowest BCUT2D eigenvalue weighted by molar-refractivity contribution is 0.101. The van der Waals surface area contributed by atoms with Gasteiger partial charge in [-0.2, -0.15) is 0 Å². The lowest BCUT2D eigenvalue weighted by atomic mass is 10.1. The van der Waals surface area contributed by atoms with Gasteiger partial charge in [-0.05, 0) is 43.3 Å². The molecule has 0 spiro atoms. The third-order valence-electron chi connectivity index (χ3n) is 3.67. The average Bonchev–Trinajstić information content (AvgIpc) is 2.92. The van der Waals surface area contributed by atoms with Crippen molar-refractivity contribution in [2.45, 2.75) is 19.9 Å². The van der Waals surface area contributed by atoms with Crippen LogP contribution in [-0.2, 0) is 13.0 Å². The van der Waals surface area contributed by atoms with Gasteiger partial charge in [0.05, 0.1) is 6.61 Å². The number of rotatable bonds is 4. The standard InChI is InChI=1S/C17H17NO3/c1-11(19)12-2-4-15(5-3-12)18-10-14-9-17-13(6-7-21-17)8-16(14)20/h2-5,8-9,18,20H,6-7,10H2,1H3. The zero-order valence-electron chi connectivity index (χ0n) is 11.8. The maximum atomic E-state index is 11.2. The predicted octanol–water partition coefficient (Wildman–Crippen LogP) is 3.14. The van der Waals surface area contributed by atoms with E-state index in [2.05, 4.69) is 5.32 Å². The number of Topliss-reactive ketones (excluding diaryl/α,β-unsaturated/α-hetero) is 1. The molecule has 1 aliphatic heterocycles. The van der Waals surface area contributed by atoms with E-state index in [1.54, 1.807) is 25.1 Å². The Kier molecular flexibility index (Phi) is 3.52. The number of ketones is 1. The SMILES string of the molecule is CC(=O)c1ccc(NCc2cc3c(cc2O)CCO3)cc1. The molecule has 2 aromatic rings. The quantitative estimate of drug-likeness (QED) is 0.846. The van der Waals surface area contributed by atoms with Crippen molar-refractivity contribution >= 4 is 11.5 Å². The highest BCUT2D eigenvalue weighted by molar-refractivity contribution is 5.94. The van der Waals surface area contributed by atoms with E-state index in [4.69, 9.17) is 4.74 Å². The molecule has 1 aliphatic rings. The minimum absolute atomic E-state index is 0.0509. The number of ether oxygens (including phenoxy) is 1. The van der Waals surface area contributed by atoms with Gasteiger partial charge in [-0.15, -0.1) is 0 Å². The number of anilines is 1. The van der Waals surface area contributed by atoms with Gasteiger partial charge in [-0.25, -0.2) is 0 Å².